The first-order valence-corrected chi connectivity index (χ1v) is 5.59. The number of hydrazone groups is 1. The van der Waals surface area contributed by atoms with Crippen LogP contribution in [0.5, 0.6) is 5.75 Å². The molecule has 0 unspecified atom stereocenters. The Morgan fingerprint density at radius 2 is 2.22 bits per heavy atom. The maximum Gasteiger partial charge on any atom is 0.186 e. The lowest BCUT2D eigenvalue weighted by molar-refractivity contribution is -0.113. The van der Waals surface area contributed by atoms with E-state index in [1.807, 2.05) is 19.1 Å². The summed E-state index contributed by atoms with van der Waals surface area (Å²) >= 11 is 0. The lowest BCUT2D eigenvalue weighted by atomic mass is 10.2. The van der Waals surface area contributed by atoms with E-state index in [2.05, 4.69) is 10.5 Å². The summed E-state index contributed by atoms with van der Waals surface area (Å²) < 4.78 is 5.17. The molecule has 0 aliphatic carbocycles. The zero-order chi connectivity index (χ0) is 13.5. The van der Waals surface area contributed by atoms with Crippen LogP contribution in [-0.2, 0) is 9.59 Å². The molecule has 0 saturated carbocycles. The molecule has 0 atom stereocenters. The predicted molar refractivity (Wildman–Crippen MR) is 70.2 cm³/mol. The normalized spacial score (nSPS) is 10.9. The number of ether oxygens (including phenoxy) is 1. The molecular weight excluding hydrogens is 232 g/mol. The van der Waals surface area contributed by atoms with E-state index in [0.29, 0.717) is 17.7 Å². The Labute approximate surface area is 106 Å². The molecule has 1 aromatic carbocycles. The topological polar surface area (TPSA) is 67.8 Å². The fourth-order valence-corrected chi connectivity index (χ4v) is 1.41. The van der Waals surface area contributed by atoms with Gasteiger partial charge in [-0.05, 0) is 18.6 Å². The molecule has 0 heterocycles. The SMILES string of the molecule is CCC(=O)/C(C=O)=N\Nc1c(C)cccc1OC. The van der Waals surface area contributed by atoms with Crippen LogP contribution in [0.2, 0.25) is 0 Å². The number of aryl methyl sites for hydroxylation is 1. The summed E-state index contributed by atoms with van der Waals surface area (Å²) in [4.78, 5) is 22.1. The number of nitrogens with one attached hydrogen (secondary N) is 1. The third-order valence-electron chi connectivity index (χ3n) is 2.46. The fraction of sp³-hybridized carbons (Fsp3) is 0.308. The third-order valence-corrected chi connectivity index (χ3v) is 2.46. The van der Waals surface area contributed by atoms with Crippen LogP contribution in [0.4, 0.5) is 5.69 Å². The summed E-state index contributed by atoms with van der Waals surface area (Å²) in [5.74, 6) is 0.304. The van der Waals surface area contributed by atoms with Gasteiger partial charge in [0.05, 0.1) is 7.11 Å². The lowest BCUT2D eigenvalue weighted by Crippen LogP contribution is -2.16. The lowest BCUT2D eigenvalue weighted by Gasteiger charge is -2.10. The number of ketones is 1. The Morgan fingerprint density at radius 1 is 1.50 bits per heavy atom. The van der Waals surface area contributed by atoms with Gasteiger partial charge in [0, 0.05) is 6.42 Å². The quantitative estimate of drug-likeness (QED) is 0.361. The summed E-state index contributed by atoms with van der Waals surface area (Å²) in [6.07, 6.45) is 0.688. The highest BCUT2D eigenvalue weighted by atomic mass is 16.5. The third kappa shape index (κ3) is 3.16. The van der Waals surface area contributed by atoms with Crippen LogP contribution in [0.15, 0.2) is 23.3 Å². The van der Waals surface area contributed by atoms with Gasteiger partial charge in [-0.25, -0.2) is 0 Å². The predicted octanol–water partition coefficient (Wildman–Crippen LogP) is 1.95. The summed E-state index contributed by atoms with van der Waals surface area (Å²) in [6, 6.07) is 5.50. The van der Waals surface area contributed by atoms with Gasteiger partial charge in [-0.15, -0.1) is 0 Å². The monoisotopic (exact) mass is 248 g/mol. The van der Waals surface area contributed by atoms with E-state index >= 15 is 0 Å². The van der Waals surface area contributed by atoms with Gasteiger partial charge >= 0.3 is 0 Å². The highest BCUT2D eigenvalue weighted by Crippen LogP contribution is 2.27. The number of para-hydroxylation sites is 1. The van der Waals surface area contributed by atoms with Crippen molar-refractivity contribution in [2.75, 3.05) is 12.5 Å². The van der Waals surface area contributed by atoms with Crippen LogP contribution in [0.1, 0.15) is 18.9 Å². The summed E-state index contributed by atoms with van der Waals surface area (Å²) in [6.45, 7) is 3.55. The molecule has 0 aromatic heterocycles. The second kappa shape index (κ2) is 6.54. The first-order chi connectivity index (χ1) is 8.63. The van der Waals surface area contributed by atoms with Crippen molar-refractivity contribution in [2.45, 2.75) is 20.3 Å². The number of benzene rings is 1. The number of carbonyl (C=O) groups excluding carboxylic acids is 2. The molecule has 18 heavy (non-hydrogen) atoms. The molecule has 0 bridgehead atoms. The van der Waals surface area contributed by atoms with Gasteiger partial charge in [0.15, 0.2) is 17.8 Å². The van der Waals surface area contributed by atoms with E-state index in [4.69, 9.17) is 4.74 Å². The number of aldehydes is 1. The molecule has 0 aliphatic rings. The van der Waals surface area contributed by atoms with Crippen molar-refractivity contribution in [1.82, 2.24) is 0 Å². The first-order valence-electron chi connectivity index (χ1n) is 5.59. The van der Waals surface area contributed by atoms with Crippen LogP contribution in [0, 0.1) is 6.92 Å². The Morgan fingerprint density at radius 3 is 2.78 bits per heavy atom. The molecule has 5 nitrogen and oxygen atoms in total. The van der Waals surface area contributed by atoms with Crippen molar-refractivity contribution >= 4 is 23.5 Å². The van der Waals surface area contributed by atoms with Crippen molar-refractivity contribution in [1.29, 1.82) is 0 Å². The second-order valence-electron chi connectivity index (χ2n) is 3.66. The molecule has 1 rings (SSSR count). The standard InChI is InChI=1S/C13H16N2O3/c1-4-11(17)10(8-16)14-15-13-9(2)6-5-7-12(13)18-3/h5-8,15H,4H2,1-3H3/b14-10-. The number of nitrogens with zero attached hydrogens (tertiary/aromatic N) is 1. The highest BCUT2D eigenvalue weighted by molar-refractivity contribution is 6.60. The maximum atomic E-state index is 11.4. The zero-order valence-corrected chi connectivity index (χ0v) is 10.7. The minimum absolute atomic E-state index is 0.122. The Hall–Kier alpha value is -2.17. The van der Waals surface area contributed by atoms with Crippen molar-refractivity contribution in [3.8, 4) is 5.75 Å². The number of rotatable bonds is 6. The average molecular weight is 248 g/mol. The van der Waals surface area contributed by atoms with Crippen LogP contribution in [-0.4, -0.2) is 24.9 Å². The Balaban J connectivity index is 3.01. The number of carbonyl (C=O) groups is 2. The van der Waals surface area contributed by atoms with E-state index in [-0.39, 0.29) is 17.9 Å². The van der Waals surface area contributed by atoms with Crippen molar-refractivity contribution in [3.05, 3.63) is 23.8 Å². The molecule has 0 fully saturated rings. The first kappa shape index (κ1) is 13.9. The molecule has 0 aliphatic heterocycles. The molecule has 0 saturated heterocycles. The van der Waals surface area contributed by atoms with Crippen LogP contribution < -0.4 is 10.2 Å². The van der Waals surface area contributed by atoms with Gasteiger partial charge in [0.25, 0.3) is 0 Å². The summed E-state index contributed by atoms with van der Waals surface area (Å²) in [5, 5.41) is 3.82. The van der Waals surface area contributed by atoms with Gasteiger partial charge in [-0.1, -0.05) is 19.1 Å². The maximum absolute atomic E-state index is 11.4. The highest BCUT2D eigenvalue weighted by Gasteiger charge is 2.09. The average Bonchev–Trinajstić information content (AvgIpc) is 2.40. The van der Waals surface area contributed by atoms with Crippen LogP contribution >= 0.6 is 0 Å². The van der Waals surface area contributed by atoms with Gasteiger partial charge < -0.3 is 4.74 Å². The Kier molecular flexibility index (Phi) is 5.05. The van der Waals surface area contributed by atoms with Crippen molar-refractivity contribution in [3.63, 3.8) is 0 Å². The van der Waals surface area contributed by atoms with Crippen molar-refractivity contribution in [2.24, 2.45) is 5.10 Å². The molecule has 0 radical (unpaired) electrons. The summed E-state index contributed by atoms with van der Waals surface area (Å²) in [7, 11) is 1.54. The van der Waals surface area contributed by atoms with E-state index in [0.717, 1.165) is 5.56 Å². The van der Waals surface area contributed by atoms with Gasteiger partial charge in [0.1, 0.15) is 11.4 Å². The second-order valence-corrected chi connectivity index (χ2v) is 3.66. The van der Waals surface area contributed by atoms with Crippen molar-refractivity contribution < 1.29 is 14.3 Å². The van der Waals surface area contributed by atoms with E-state index in [9.17, 15) is 9.59 Å². The molecular formula is C13H16N2O3. The number of hydrogen-bond acceptors (Lipinski definition) is 5. The van der Waals surface area contributed by atoms with Gasteiger partial charge in [0.2, 0.25) is 0 Å². The van der Waals surface area contributed by atoms with Gasteiger partial charge in [-0.2, -0.15) is 5.10 Å². The number of methoxy groups -OCH3 is 1. The summed E-state index contributed by atoms with van der Waals surface area (Å²) in [5.41, 5.74) is 4.14. The van der Waals surface area contributed by atoms with Crippen LogP contribution in [0.25, 0.3) is 0 Å². The Bertz CT molecular complexity index is 481. The smallest absolute Gasteiger partial charge is 0.186 e. The molecule has 0 amide bonds. The number of Topliss-reactive ketones (excluding diaryl/α,β-unsaturated/α-hetero) is 1. The number of hydrogen-bond donors (Lipinski definition) is 1. The molecule has 96 valence electrons. The van der Waals surface area contributed by atoms with E-state index in [1.165, 1.54) is 0 Å². The zero-order valence-electron chi connectivity index (χ0n) is 10.7. The van der Waals surface area contributed by atoms with Gasteiger partial charge in [-0.3, -0.25) is 15.0 Å². The molecule has 1 aromatic rings. The molecule has 1 N–H and O–H groups in total. The number of anilines is 1. The minimum Gasteiger partial charge on any atom is -0.495 e. The minimum atomic E-state index is -0.301. The van der Waals surface area contributed by atoms with E-state index < -0.39 is 0 Å². The fourth-order valence-electron chi connectivity index (χ4n) is 1.41. The molecule has 0 spiro atoms. The van der Waals surface area contributed by atoms with Crippen LogP contribution in [0.3, 0.4) is 0 Å². The molecule has 5 heteroatoms. The van der Waals surface area contributed by atoms with E-state index in [1.54, 1.807) is 20.1 Å². The largest absolute Gasteiger partial charge is 0.495 e.